The summed E-state index contributed by atoms with van der Waals surface area (Å²) in [4.78, 5) is 0. The highest BCUT2D eigenvalue weighted by molar-refractivity contribution is 5.19. The summed E-state index contributed by atoms with van der Waals surface area (Å²) in [6.45, 7) is 4.46. The van der Waals surface area contributed by atoms with Crippen LogP contribution in [0.2, 0.25) is 0 Å². The number of hydrogen-bond acceptors (Lipinski definition) is 6. The van der Waals surface area contributed by atoms with E-state index in [1.165, 1.54) is 0 Å². The number of aromatic hydroxyl groups is 2. The first kappa shape index (κ1) is 20.2. The van der Waals surface area contributed by atoms with Crippen molar-refractivity contribution in [2.45, 2.75) is 12.2 Å². The van der Waals surface area contributed by atoms with Gasteiger partial charge in [0.2, 0.25) is 0 Å². The third kappa shape index (κ3) is 11.4. The molecular weight excluding hydrogens is 336 g/mol. The molecule has 2 aromatic carbocycles. The molecule has 6 heteroatoms. The van der Waals surface area contributed by atoms with Crippen LogP contribution in [-0.2, 0) is 18.9 Å². The number of phenols is 2. The molecule has 142 valence electrons. The average molecular weight is 362 g/mol. The van der Waals surface area contributed by atoms with Crippen LogP contribution in [0.15, 0.2) is 60.7 Å². The maximum atomic E-state index is 8.63. The molecule has 0 aromatic heterocycles. The lowest BCUT2D eigenvalue weighted by Crippen LogP contribution is -2.10. The third-order valence-electron chi connectivity index (χ3n) is 3.30. The molecule has 0 spiro atoms. The first-order valence-corrected chi connectivity index (χ1v) is 8.61. The monoisotopic (exact) mass is 362 g/mol. The van der Waals surface area contributed by atoms with Crippen LogP contribution in [0.1, 0.15) is 0 Å². The third-order valence-corrected chi connectivity index (χ3v) is 3.30. The maximum absolute atomic E-state index is 8.63. The van der Waals surface area contributed by atoms with Gasteiger partial charge in [-0.15, -0.1) is 0 Å². The van der Waals surface area contributed by atoms with Crippen LogP contribution in [0.3, 0.4) is 0 Å². The molecule has 26 heavy (non-hydrogen) atoms. The summed E-state index contributed by atoms with van der Waals surface area (Å²) in [7, 11) is 0. The van der Waals surface area contributed by atoms with Crippen LogP contribution < -0.4 is 0 Å². The van der Waals surface area contributed by atoms with E-state index in [1.807, 2.05) is 12.1 Å². The van der Waals surface area contributed by atoms with Gasteiger partial charge in [-0.1, -0.05) is 36.4 Å². The smallest absolute Gasteiger partial charge is 0.115 e. The van der Waals surface area contributed by atoms with Gasteiger partial charge in [-0.05, 0) is 24.3 Å². The Balaban J connectivity index is 0.000000150. The molecule has 0 saturated carbocycles. The van der Waals surface area contributed by atoms with Crippen LogP contribution in [0.4, 0.5) is 0 Å². The fourth-order valence-corrected chi connectivity index (χ4v) is 1.73. The Bertz CT molecular complexity index is 516. The topological polar surface area (TPSA) is 84.0 Å². The van der Waals surface area contributed by atoms with Gasteiger partial charge in [-0.2, -0.15) is 0 Å². The van der Waals surface area contributed by atoms with Crippen molar-refractivity contribution in [1.29, 1.82) is 0 Å². The number of rotatable bonds is 7. The lowest BCUT2D eigenvalue weighted by Gasteiger charge is -2.02. The minimum Gasteiger partial charge on any atom is -0.508 e. The van der Waals surface area contributed by atoms with Gasteiger partial charge in [0.1, 0.15) is 23.7 Å². The minimum absolute atomic E-state index is 0.322. The second kappa shape index (κ2) is 12.3. The number of phenolic OH excluding ortho intramolecular Hbond substituents is 2. The van der Waals surface area contributed by atoms with Gasteiger partial charge in [0.05, 0.1) is 39.6 Å². The highest BCUT2D eigenvalue weighted by Crippen LogP contribution is 2.09. The molecular formula is C20H26O6. The zero-order valence-corrected chi connectivity index (χ0v) is 14.7. The van der Waals surface area contributed by atoms with Crippen molar-refractivity contribution < 1.29 is 29.2 Å². The Morgan fingerprint density at radius 3 is 1.27 bits per heavy atom. The summed E-state index contributed by atoms with van der Waals surface area (Å²) in [5.41, 5.74) is 0. The van der Waals surface area contributed by atoms with Crippen molar-refractivity contribution in [3.8, 4) is 11.5 Å². The molecule has 4 rings (SSSR count). The quantitative estimate of drug-likeness (QED) is 0.582. The zero-order valence-electron chi connectivity index (χ0n) is 14.7. The molecule has 0 aliphatic carbocycles. The summed E-state index contributed by atoms with van der Waals surface area (Å²) >= 11 is 0. The van der Waals surface area contributed by atoms with E-state index in [0.29, 0.717) is 50.1 Å². The van der Waals surface area contributed by atoms with Crippen molar-refractivity contribution in [1.82, 2.24) is 0 Å². The normalized spacial score (nSPS) is 19.4. The summed E-state index contributed by atoms with van der Waals surface area (Å²) in [5.74, 6) is 0.644. The fourth-order valence-electron chi connectivity index (χ4n) is 1.73. The Morgan fingerprint density at radius 2 is 1.04 bits per heavy atom. The van der Waals surface area contributed by atoms with Crippen molar-refractivity contribution in [2.75, 3.05) is 39.6 Å². The van der Waals surface area contributed by atoms with Crippen LogP contribution in [0, 0.1) is 0 Å². The van der Waals surface area contributed by atoms with Gasteiger partial charge < -0.3 is 29.2 Å². The predicted octanol–water partition coefficient (Wildman–Crippen LogP) is 2.60. The number of epoxide rings is 2. The van der Waals surface area contributed by atoms with E-state index < -0.39 is 0 Å². The summed E-state index contributed by atoms with van der Waals surface area (Å²) in [6, 6.07) is 17.4. The van der Waals surface area contributed by atoms with Gasteiger partial charge in [0.25, 0.3) is 0 Å². The molecule has 2 fully saturated rings. The van der Waals surface area contributed by atoms with E-state index >= 15 is 0 Å². The van der Waals surface area contributed by atoms with Crippen LogP contribution in [0.5, 0.6) is 11.5 Å². The molecule has 0 radical (unpaired) electrons. The SMILES string of the molecule is C(COCC1CO1)OCC1CO1.Oc1ccccc1.Oc1ccccc1. The lowest BCUT2D eigenvalue weighted by atomic mass is 10.3. The first-order valence-electron chi connectivity index (χ1n) is 8.61. The first-order chi connectivity index (χ1) is 12.7. The molecule has 2 saturated heterocycles. The Hall–Kier alpha value is -2.12. The number of benzene rings is 2. The van der Waals surface area contributed by atoms with Gasteiger partial charge in [0, 0.05) is 0 Å². The Kier molecular flexibility index (Phi) is 9.53. The number of para-hydroxylation sites is 2. The average Bonchev–Trinajstić information content (AvgIpc) is 3.56. The molecule has 6 nitrogen and oxygen atoms in total. The fraction of sp³-hybridized carbons (Fsp3) is 0.400. The minimum atomic E-state index is 0.322. The maximum Gasteiger partial charge on any atom is 0.115 e. The summed E-state index contributed by atoms with van der Waals surface area (Å²) in [6.07, 6.45) is 0.716. The van der Waals surface area contributed by atoms with Crippen LogP contribution in [0.25, 0.3) is 0 Å². The van der Waals surface area contributed by atoms with Crippen molar-refractivity contribution >= 4 is 0 Å². The highest BCUT2D eigenvalue weighted by Gasteiger charge is 2.23. The van der Waals surface area contributed by atoms with Crippen LogP contribution in [-0.4, -0.2) is 62.1 Å². The van der Waals surface area contributed by atoms with Gasteiger partial charge in [0.15, 0.2) is 0 Å². The highest BCUT2D eigenvalue weighted by atomic mass is 16.6. The van der Waals surface area contributed by atoms with E-state index in [4.69, 9.17) is 29.2 Å². The number of hydrogen-bond donors (Lipinski definition) is 2. The Labute approximate surface area is 153 Å². The second-order valence-corrected chi connectivity index (χ2v) is 5.73. The van der Waals surface area contributed by atoms with Gasteiger partial charge >= 0.3 is 0 Å². The number of ether oxygens (including phenoxy) is 4. The zero-order chi connectivity index (χ0) is 18.5. The molecule has 2 aromatic rings. The Morgan fingerprint density at radius 1 is 0.692 bits per heavy atom. The van der Waals surface area contributed by atoms with Crippen molar-refractivity contribution in [3.05, 3.63) is 60.7 Å². The molecule has 2 heterocycles. The van der Waals surface area contributed by atoms with E-state index in [-0.39, 0.29) is 0 Å². The second-order valence-electron chi connectivity index (χ2n) is 5.73. The molecule has 0 bridgehead atoms. The van der Waals surface area contributed by atoms with E-state index in [9.17, 15) is 0 Å². The van der Waals surface area contributed by atoms with E-state index in [2.05, 4.69) is 0 Å². The van der Waals surface area contributed by atoms with Gasteiger partial charge in [-0.25, -0.2) is 0 Å². The molecule has 2 atom stereocenters. The van der Waals surface area contributed by atoms with E-state index in [1.54, 1.807) is 48.5 Å². The summed E-state index contributed by atoms with van der Waals surface area (Å²) < 4.78 is 20.5. The largest absolute Gasteiger partial charge is 0.508 e. The summed E-state index contributed by atoms with van der Waals surface area (Å²) in [5, 5.41) is 17.3. The molecule has 2 aliphatic rings. The van der Waals surface area contributed by atoms with Gasteiger partial charge in [-0.3, -0.25) is 0 Å². The van der Waals surface area contributed by atoms with Crippen molar-refractivity contribution in [3.63, 3.8) is 0 Å². The standard InChI is InChI=1S/C8H14O4.2C6H6O/c1(9-3-7-5-11-7)2-10-4-8-6-12-8;2*7-6-4-2-1-3-5-6/h7-8H,1-6H2;2*1-5,7H. The molecule has 0 amide bonds. The van der Waals surface area contributed by atoms with Crippen LogP contribution >= 0.6 is 0 Å². The lowest BCUT2D eigenvalue weighted by molar-refractivity contribution is 0.0366. The van der Waals surface area contributed by atoms with E-state index in [0.717, 1.165) is 13.2 Å². The molecule has 2 unspecified atom stereocenters. The molecule has 2 aliphatic heterocycles. The molecule has 2 N–H and O–H groups in total. The predicted molar refractivity (Wildman–Crippen MR) is 97.3 cm³/mol. The van der Waals surface area contributed by atoms with Crippen molar-refractivity contribution in [2.24, 2.45) is 0 Å².